The SMILES string of the molecule is CC(=O)OC[C@H]1O[C@@H](OCCBr)C[C@@H](OC(C)=O)[C@H]1OC(C)=O. The molecule has 4 atom stereocenters. The number of ether oxygens (including phenoxy) is 5. The Morgan fingerprint density at radius 1 is 1.09 bits per heavy atom. The van der Waals surface area contributed by atoms with E-state index >= 15 is 0 Å². The fourth-order valence-corrected chi connectivity index (χ4v) is 2.37. The lowest BCUT2D eigenvalue weighted by atomic mass is 10.0. The Hall–Kier alpha value is -1.19. The molecule has 1 saturated heterocycles. The summed E-state index contributed by atoms with van der Waals surface area (Å²) in [6.07, 6.45) is -2.86. The first-order valence-corrected chi connectivity index (χ1v) is 8.26. The summed E-state index contributed by atoms with van der Waals surface area (Å²) >= 11 is 3.24. The molecule has 23 heavy (non-hydrogen) atoms. The van der Waals surface area contributed by atoms with Crippen LogP contribution in [0.3, 0.4) is 0 Å². The summed E-state index contributed by atoms with van der Waals surface area (Å²) < 4.78 is 26.5. The molecule has 1 aliphatic heterocycles. The van der Waals surface area contributed by atoms with E-state index in [-0.39, 0.29) is 13.0 Å². The highest BCUT2D eigenvalue weighted by Crippen LogP contribution is 2.27. The minimum Gasteiger partial charge on any atom is -0.463 e. The fourth-order valence-electron chi connectivity index (χ4n) is 2.18. The van der Waals surface area contributed by atoms with Crippen molar-refractivity contribution in [3.8, 4) is 0 Å². The smallest absolute Gasteiger partial charge is 0.303 e. The molecule has 132 valence electrons. The van der Waals surface area contributed by atoms with Gasteiger partial charge in [0.1, 0.15) is 18.8 Å². The van der Waals surface area contributed by atoms with E-state index in [4.69, 9.17) is 23.7 Å². The van der Waals surface area contributed by atoms with Crippen molar-refractivity contribution in [2.75, 3.05) is 18.5 Å². The number of hydrogen-bond acceptors (Lipinski definition) is 8. The Balaban J connectivity index is 2.88. The molecule has 0 saturated carbocycles. The van der Waals surface area contributed by atoms with Crippen LogP contribution in [0.2, 0.25) is 0 Å². The van der Waals surface area contributed by atoms with Crippen LogP contribution in [0, 0.1) is 0 Å². The second kappa shape index (κ2) is 9.84. The first kappa shape index (κ1) is 19.9. The van der Waals surface area contributed by atoms with Gasteiger partial charge in [0, 0.05) is 32.5 Å². The lowest BCUT2D eigenvalue weighted by Gasteiger charge is -2.39. The van der Waals surface area contributed by atoms with Crippen molar-refractivity contribution < 1.29 is 38.1 Å². The van der Waals surface area contributed by atoms with Crippen LogP contribution < -0.4 is 0 Å². The maximum Gasteiger partial charge on any atom is 0.303 e. The Kier molecular flexibility index (Phi) is 8.49. The third-order valence-corrected chi connectivity index (χ3v) is 3.26. The molecule has 0 spiro atoms. The highest BCUT2D eigenvalue weighted by atomic mass is 79.9. The number of halogens is 1. The highest BCUT2D eigenvalue weighted by molar-refractivity contribution is 9.09. The minimum atomic E-state index is -0.875. The topological polar surface area (TPSA) is 97.4 Å². The second-order valence-electron chi connectivity index (χ2n) is 4.92. The van der Waals surface area contributed by atoms with Gasteiger partial charge >= 0.3 is 17.9 Å². The summed E-state index contributed by atoms with van der Waals surface area (Å²) in [7, 11) is 0. The van der Waals surface area contributed by atoms with Crippen molar-refractivity contribution in [3.63, 3.8) is 0 Å². The van der Waals surface area contributed by atoms with Gasteiger partial charge in [-0.15, -0.1) is 0 Å². The van der Waals surface area contributed by atoms with Gasteiger partial charge in [0.2, 0.25) is 0 Å². The summed E-state index contributed by atoms with van der Waals surface area (Å²) in [5.41, 5.74) is 0. The molecule has 0 N–H and O–H groups in total. The molecule has 0 bridgehead atoms. The molecule has 8 nitrogen and oxygen atoms in total. The molecule has 0 unspecified atom stereocenters. The van der Waals surface area contributed by atoms with E-state index in [2.05, 4.69) is 15.9 Å². The van der Waals surface area contributed by atoms with Gasteiger partial charge in [0.15, 0.2) is 12.4 Å². The van der Waals surface area contributed by atoms with E-state index in [9.17, 15) is 14.4 Å². The molecular weight excluding hydrogens is 376 g/mol. The number of esters is 3. The highest BCUT2D eigenvalue weighted by Gasteiger charge is 2.44. The largest absolute Gasteiger partial charge is 0.463 e. The maximum atomic E-state index is 11.3. The van der Waals surface area contributed by atoms with Gasteiger partial charge in [-0.25, -0.2) is 0 Å². The van der Waals surface area contributed by atoms with Gasteiger partial charge in [-0.3, -0.25) is 14.4 Å². The van der Waals surface area contributed by atoms with Gasteiger partial charge in [0.25, 0.3) is 0 Å². The van der Waals surface area contributed by atoms with Crippen LogP contribution in [0.1, 0.15) is 27.2 Å². The summed E-state index contributed by atoms with van der Waals surface area (Å²) in [5.74, 6) is -1.56. The monoisotopic (exact) mass is 396 g/mol. The molecule has 0 aliphatic carbocycles. The van der Waals surface area contributed by atoms with E-state index < -0.39 is 42.5 Å². The van der Waals surface area contributed by atoms with E-state index in [1.165, 1.54) is 20.8 Å². The molecule has 1 fully saturated rings. The average Bonchev–Trinajstić information content (AvgIpc) is 2.44. The lowest BCUT2D eigenvalue weighted by Crippen LogP contribution is -2.54. The quantitative estimate of drug-likeness (QED) is 0.356. The molecule has 0 amide bonds. The Labute approximate surface area is 142 Å². The van der Waals surface area contributed by atoms with Crippen LogP contribution in [0.5, 0.6) is 0 Å². The van der Waals surface area contributed by atoms with Crippen molar-refractivity contribution >= 4 is 33.8 Å². The third-order valence-electron chi connectivity index (χ3n) is 2.94. The summed E-state index contributed by atoms with van der Waals surface area (Å²) in [5, 5.41) is 0.604. The zero-order chi connectivity index (χ0) is 17.4. The molecule has 0 aromatic heterocycles. The predicted molar refractivity (Wildman–Crippen MR) is 80.8 cm³/mol. The lowest BCUT2D eigenvalue weighted by molar-refractivity contribution is -0.264. The average molecular weight is 397 g/mol. The maximum absolute atomic E-state index is 11.3. The number of hydrogen-bond donors (Lipinski definition) is 0. The van der Waals surface area contributed by atoms with Gasteiger partial charge in [-0.1, -0.05) is 15.9 Å². The van der Waals surface area contributed by atoms with Crippen molar-refractivity contribution in [2.45, 2.75) is 51.8 Å². The van der Waals surface area contributed by atoms with E-state index in [0.717, 1.165) is 0 Å². The normalized spacial score (nSPS) is 27.1. The number of carbonyl (C=O) groups is 3. The Morgan fingerprint density at radius 2 is 1.74 bits per heavy atom. The van der Waals surface area contributed by atoms with Crippen molar-refractivity contribution in [2.24, 2.45) is 0 Å². The fraction of sp³-hybridized carbons (Fsp3) is 0.786. The van der Waals surface area contributed by atoms with Crippen LogP contribution >= 0.6 is 15.9 Å². The molecule has 1 rings (SSSR count). The number of alkyl halides is 1. The summed E-state index contributed by atoms with van der Waals surface area (Å²) in [6.45, 7) is 4.00. The van der Waals surface area contributed by atoms with Crippen LogP contribution in [0.25, 0.3) is 0 Å². The van der Waals surface area contributed by atoms with Crippen molar-refractivity contribution in [3.05, 3.63) is 0 Å². The molecule has 1 heterocycles. The number of carbonyl (C=O) groups excluding carboxylic acids is 3. The molecule has 1 aliphatic rings. The van der Waals surface area contributed by atoms with E-state index in [1.807, 2.05) is 0 Å². The van der Waals surface area contributed by atoms with Crippen molar-refractivity contribution in [1.29, 1.82) is 0 Å². The Bertz CT molecular complexity index is 427. The molecule has 9 heteroatoms. The standard InChI is InChI=1S/C14H21BrO8/c1-8(16)20-7-12-14(22-10(3)18)11(21-9(2)17)6-13(23-12)19-5-4-15/h11-14H,4-7H2,1-3H3/t11-,12-,13-,14-/m1/s1. The second-order valence-corrected chi connectivity index (χ2v) is 5.72. The minimum absolute atomic E-state index is 0.140. The molecule has 0 radical (unpaired) electrons. The van der Waals surface area contributed by atoms with Crippen LogP contribution in [-0.4, -0.2) is 61.1 Å². The molecular formula is C14H21BrO8. The van der Waals surface area contributed by atoms with Crippen molar-refractivity contribution in [1.82, 2.24) is 0 Å². The molecule has 0 aromatic rings. The van der Waals surface area contributed by atoms with E-state index in [1.54, 1.807) is 0 Å². The molecule has 0 aromatic carbocycles. The first-order valence-electron chi connectivity index (χ1n) is 7.14. The van der Waals surface area contributed by atoms with Crippen LogP contribution in [0.15, 0.2) is 0 Å². The summed E-state index contributed by atoms with van der Waals surface area (Å²) in [6, 6.07) is 0. The zero-order valence-electron chi connectivity index (χ0n) is 13.3. The first-order chi connectivity index (χ1) is 10.8. The third kappa shape index (κ3) is 7.28. The number of rotatable bonds is 7. The van der Waals surface area contributed by atoms with Crippen LogP contribution in [-0.2, 0) is 38.1 Å². The van der Waals surface area contributed by atoms with E-state index in [0.29, 0.717) is 11.9 Å². The van der Waals surface area contributed by atoms with Crippen LogP contribution in [0.4, 0.5) is 0 Å². The summed E-state index contributed by atoms with van der Waals surface area (Å²) in [4.78, 5) is 33.6. The zero-order valence-corrected chi connectivity index (χ0v) is 14.9. The van der Waals surface area contributed by atoms with Gasteiger partial charge < -0.3 is 23.7 Å². The van der Waals surface area contributed by atoms with Gasteiger partial charge in [-0.2, -0.15) is 0 Å². The van der Waals surface area contributed by atoms with Gasteiger partial charge in [0.05, 0.1) is 6.61 Å². The Morgan fingerprint density at radius 3 is 2.26 bits per heavy atom. The van der Waals surface area contributed by atoms with Gasteiger partial charge in [-0.05, 0) is 0 Å². The predicted octanol–water partition coefficient (Wildman–Crippen LogP) is 0.939.